The highest BCUT2D eigenvalue weighted by Crippen LogP contribution is 2.60. The number of hydrogen-bond donors (Lipinski definition) is 0. The van der Waals surface area contributed by atoms with Crippen LogP contribution in [0.4, 0.5) is 0 Å². The van der Waals surface area contributed by atoms with Crippen molar-refractivity contribution >= 4 is 5.78 Å². The minimum atomic E-state index is 0.554. The van der Waals surface area contributed by atoms with Crippen LogP contribution in [-0.4, -0.2) is 5.78 Å². The van der Waals surface area contributed by atoms with Crippen molar-refractivity contribution in [3.8, 4) is 0 Å². The van der Waals surface area contributed by atoms with E-state index in [-0.39, 0.29) is 0 Å². The first-order valence-electron chi connectivity index (χ1n) is 8.67. The fourth-order valence-corrected chi connectivity index (χ4v) is 6.03. The second-order valence-electron chi connectivity index (χ2n) is 8.38. The van der Waals surface area contributed by atoms with Crippen LogP contribution in [0.1, 0.15) is 71.1 Å². The van der Waals surface area contributed by atoms with Crippen LogP contribution < -0.4 is 0 Å². The van der Waals surface area contributed by atoms with E-state index in [1.807, 2.05) is 0 Å². The lowest BCUT2D eigenvalue weighted by atomic mass is 9.53. The Labute approximate surface area is 117 Å². The Bertz CT molecular complexity index is 383. The molecule has 0 bridgehead atoms. The van der Waals surface area contributed by atoms with E-state index in [1.165, 1.54) is 51.4 Å². The van der Waals surface area contributed by atoms with Gasteiger partial charge in [-0.1, -0.05) is 6.92 Å². The van der Waals surface area contributed by atoms with E-state index in [4.69, 9.17) is 0 Å². The van der Waals surface area contributed by atoms with Crippen molar-refractivity contribution < 1.29 is 4.79 Å². The van der Waals surface area contributed by atoms with Crippen molar-refractivity contribution in [1.29, 1.82) is 0 Å². The zero-order chi connectivity index (χ0) is 13.0. The third-order valence-electron chi connectivity index (χ3n) is 7.26. The highest BCUT2D eigenvalue weighted by molar-refractivity contribution is 5.79. The van der Waals surface area contributed by atoms with Crippen molar-refractivity contribution in [3.05, 3.63) is 0 Å². The van der Waals surface area contributed by atoms with Gasteiger partial charge in [-0.2, -0.15) is 0 Å². The molecule has 0 heterocycles. The molecule has 0 spiro atoms. The minimum Gasteiger partial charge on any atom is -0.300 e. The first kappa shape index (κ1) is 12.4. The van der Waals surface area contributed by atoms with Gasteiger partial charge in [0, 0.05) is 12.8 Å². The Balaban J connectivity index is 1.49. The standard InChI is InChI=1S/C18H28O/c1-18(14-4-5-14)9-8-17-13(11-18)3-2-12-10-15(19)6-7-16(12)17/h12-14,16-17H,2-11H2,1H3/t12?,13?,16?,17?,18-/m0/s1. The molecule has 4 unspecified atom stereocenters. The van der Waals surface area contributed by atoms with E-state index in [1.54, 1.807) is 0 Å². The van der Waals surface area contributed by atoms with Gasteiger partial charge in [-0.05, 0) is 86.4 Å². The van der Waals surface area contributed by atoms with Crippen LogP contribution >= 0.6 is 0 Å². The molecule has 0 aromatic rings. The minimum absolute atomic E-state index is 0.554. The highest BCUT2D eigenvalue weighted by atomic mass is 16.1. The molecule has 5 atom stereocenters. The van der Waals surface area contributed by atoms with Gasteiger partial charge in [0.15, 0.2) is 0 Å². The predicted molar refractivity (Wildman–Crippen MR) is 76.7 cm³/mol. The van der Waals surface area contributed by atoms with Gasteiger partial charge in [-0.25, -0.2) is 0 Å². The van der Waals surface area contributed by atoms with Gasteiger partial charge >= 0.3 is 0 Å². The lowest BCUT2D eigenvalue weighted by molar-refractivity contribution is -0.126. The van der Waals surface area contributed by atoms with Crippen LogP contribution in [0.2, 0.25) is 0 Å². The lowest BCUT2D eigenvalue weighted by Gasteiger charge is -2.52. The molecule has 1 heteroatoms. The number of carbonyl (C=O) groups is 1. The zero-order valence-electron chi connectivity index (χ0n) is 12.4. The van der Waals surface area contributed by atoms with Gasteiger partial charge in [0.25, 0.3) is 0 Å². The van der Waals surface area contributed by atoms with Crippen LogP contribution in [0.3, 0.4) is 0 Å². The molecule has 4 fully saturated rings. The average Bonchev–Trinajstić information content (AvgIpc) is 3.22. The Hall–Kier alpha value is -0.330. The van der Waals surface area contributed by atoms with Crippen molar-refractivity contribution in [2.45, 2.75) is 71.1 Å². The molecule has 0 radical (unpaired) electrons. The van der Waals surface area contributed by atoms with Crippen molar-refractivity contribution in [2.24, 2.45) is 35.0 Å². The van der Waals surface area contributed by atoms with Crippen LogP contribution in [0.15, 0.2) is 0 Å². The Morgan fingerprint density at radius 1 is 0.947 bits per heavy atom. The summed E-state index contributed by atoms with van der Waals surface area (Å²) in [5, 5.41) is 0. The summed E-state index contributed by atoms with van der Waals surface area (Å²) in [6, 6.07) is 0. The van der Waals surface area contributed by atoms with Crippen LogP contribution in [0.25, 0.3) is 0 Å². The number of rotatable bonds is 1. The predicted octanol–water partition coefficient (Wildman–Crippen LogP) is 4.60. The third kappa shape index (κ3) is 2.08. The largest absolute Gasteiger partial charge is 0.300 e. The van der Waals surface area contributed by atoms with Gasteiger partial charge in [0.2, 0.25) is 0 Å². The maximum Gasteiger partial charge on any atom is 0.133 e. The molecule has 106 valence electrons. The molecule has 0 aromatic heterocycles. The molecule has 19 heavy (non-hydrogen) atoms. The fraction of sp³-hybridized carbons (Fsp3) is 0.944. The van der Waals surface area contributed by atoms with E-state index in [9.17, 15) is 4.79 Å². The fourth-order valence-electron chi connectivity index (χ4n) is 6.03. The molecule has 0 amide bonds. The van der Waals surface area contributed by atoms with Crippen molar-refractivity contribution in [2.75, 3.05) is 0 Å². The van der Waals surface area contributed by atoms with Crippen LogP contribution in [-0.2, 0) is 4.79 Å². The second-order valence-corrected chi connectivity index (χ2v) is 8.38. The molecule has 0 aliphatic heterocycles. The first-order valence-corrected chi connectivity index (χ1v) is 8.67. The molecule has 4 rings (SSSR count). The SMILES string of the molecule is C[C@]1(C2CC2)CCC2C(CCC3CC(=O)CCC32)C1. The normalized spacial score (nSPS) is 50.5. The number of ketones is 1. The summed E-state index contributed by atoms with van der Waals surface area (Å²) < 4.78 is 0. The number of fused-ring (bicyclic) bond motifs is 3. The molecular weight excluding hydrogens is 232 g/mol. The summed E-state index contributed by atoms with van der Waals surface area (Å²) in [5.41, 5.74) is 0.693. The van der Waals surface area contributed by atoms with Crippen LogP contribution in [0, 0.1) is 35.0 Å². The summed E-state index contributed by atoms with van der Waals surface area (Å²) >= 11 is 0. The number of Topliss-reactive ketones (excluding diaryl/α,β-unsaturated/α-hetero) is 1. The molecule has 0 aromatic carbocycles. The van der Waals surface area contributed by atoms with E-state index < -0.39 is 0 Å². The summed E-state index contributed by atoms with van der Waals surface area (Å²) in [6.07, 6.45) is 13.3. The van der Waals surface area contributed by atoms with Crippen molar-refractivity contribution in [1.82, 2.24) is 0 Å². The Morgan fingerprint density at radius 3 is 2.47 bits per heavy atom. The average molecular weight is 260 g/mol. The molecule has 4 aliphatic carbocycles. The second kappa shape index (κ2) is 4.33. The first-order chi connectivity index (χ1) is 9.16. The molecule has 0 saturated heterocycles. The van der Waals surface area contributed by atoms with E-state index in [0.29, 0.717) is 11.2 Å². The van der Waals surface area contributed by atoms with Gasteiger partial charge in [0.1, 0.15) is 5.78 Å². The highest BCUT2D eigenvalue weighted by Gasteiger charge is 2.50. The summed E-state index contributed by atoms with van der Waals surface area (Å²) in [4.78, 5) is 11.7. The molecule has 0 N–H and O–H groups in total. The number of hydrogen-bond acceptors (Lipinski definition) is 1. The van der Waals surface area contributed by atoms with Gasteiger partial charge in [-0.3, -0.25) is 4.79 Å². The maximum absolute atomic E-state index is 11.7. The molecule has 1 nitrogen and oxygen atoms in total. The Kier molecular flexibility index (Phi) is 2.83. The monoisotopic (exact) mass is 260 g/mol. The molecular formula is C18H28O. The molecule has 4 saturated carbocycles. The van der Waals surface area contributed by atoms with Crippen LogP contribution in [0.5, 0.6) is 0 Å². The van der Waals surface area contributed by atoms with E-state index in [0.717, 1.165) is 42.4 Å². The smallest absolute Gasteiger partial charge is 0.133 e. The van der Waals surface area contributed by atoms with Gasteiger partial charge in [-0.15, -0.1) is 0 Å². The molecule has 4 aliphatic rings. The zero-order valence-corrected chi connectivity index (χ0v) is 12.4. The quantitative estimate of drug-likeness (QED) is 0.673. The third-order valence-corrected chi connectivity index (χ3v) is 7.26. The van der Waals surface area contributed by atoms with E-state index >= 15 is 0 Å². The van der Waals surface area contributed by atoms with Gasteiger partial charge < -0.3 is 0 Å². The maximum atomic E-state index is 11.7. The van der Waals surface area contributed by atoms with Crippen molar-refractivity contribution in [3.63, 3.8) is 0 Å². The van der Waals surface area contributed by atoms with Gasteiger partial charge in [0.05, 0.1) is 0 Å². The Morgan fingerprint density at radius 2 is 1.68 bits per heavy atom. The lowest BCUT2D eigenvalue weighted by Crippen LogP contribution is -2.44. The van der Waals surface area contributed by atoms with E-state index in [2.05, 4.69) is 6.92 Å². The topological polar surface area (TPSA) is 17.1 Å². The summed E-state index contributed by atoms with van der Waals surface area (Å²) in [6.45, 7) is 2.58. The number of carbonyl (C=O) groups excluding carboxylic acids is 1. The summed E-state index contributed by atoms with van der Waals surface area (Å²) in [5.74, 6) is 5.30. The summed E-state index contributed by atoms with van der Waals surface area (Å²) in [7, 11) is 0.